The van der Waals surface area contributed by atoms with Crippen molar-refractivity contribution in [2.75, 3.05) is 7.05 Å². The van der Waals surface area contributed by atoms with Gasteiger partial charge in [0.2, 0.25) is 0 Å². The summed E-state index contributed by atoms with van der Waals surface area (Å²) in [7, 11) is 3.10. The van der Waals surface area contributed by atoms with Crippen molar-refractivity contribution in [1.82, 2.24) is 14.7 Å². The lowest BCUT2D eigenvalue weighted by molar-refractivity contribution is -0.143. The maximum absolute atomic E-state index is 12.0. The maximum atomic E-state index is 12.0. The maximum Gasteiger partial charge on any atom is 0.411 e. The van der Waals surface area contributed by atoms with Crippen LogP contribution < -0.4 is 0 Å². The fraction of sp³-hybridized carbons (Fsp3) is 0.615. The number of carbonyl (C=O) groups is 2. The number of carboxylic acid groups (broad SMARTS) is 1. The monoisotopic (exact) mass is 283 g/mol. The van der Waals surface area contributed by atoms with Crippen LogP contribution in [0.1, 0.15) is 38.1 Å². The number of carbonyl (C=O) groups excluding carboxylic acids is 1. The third kappa shape index (κ3) is 3.72. The van der Waals surface area contributed by atoms with Gasteiger partial charge in [-0.3, -0.25) is 9.58 Å². The van der Waals surface area contributed by atoms with Gasteiger partial charge < -0.3 is 9.84 Å². The van der Waals surface area contributed by atoms with E-state index in [1.807, 2.05) is 0 Å². The van der Waals surface area contributed by atoms with Crippen molar-refractivity contribution in [2.45, 2.75) is 39.3 Å². The molecule has 1 amide bonds. The van der Waals surface area contributed by atoms with Gasteiger partial charge in [-0.25, -0.2) is 9.59 Å². The molecule has 1 rings (SSSR count). The van der Waals surface area contributed by atoms with E-state index in [9.17, 15) is 14.7 Å². The number of carboxylic acids is 1. The number of nitrogens with zero attached hydrogens (tertiary/aromatic N) is 3. The summed E-state index contributed by atoms with van der Waals surface area (Å²) in [4.78, 5) is 24.6. The van der Waals surface area contributed by atoms with Crippen molar-refractivity contribution >= 4 is 12.1 Å². The minimum Gasteiger partial charge on any atom is -0.479 e. The standard InChI is InChI=1S/C13H21N3O4/c1-8-9(7-15(5)14-8)10(11(17)18)16(6)12(19)20-13(2,3)4/h7,10H,1-6H3,(H,17,18). The predicted molar refractivity (Wildman–Crippen MR) is 72.3 cm³/mol. The zero-order valence-corrected chi connectivity index (χ0v) is 12.7. The summed E-state index contributed by atoms with van der Waals surface area (Å²) in [6, 6.07) is -1.13. The first-order valence-corrected chi connectivity index (χ1v) is 6.21. The van der Waals surface area contributed by atoms with E-state index in [0.717, 1.165) is 4.90 Å². The first kappa shape index (κ1) is 16.0. The summed E-state index contributed by atoms with van der Waals surface area (Å²) < 4.78 is 6.71. The van der Waals surface area contributed by atoms with Crippen LogP contribution in [-0.2, 0) is 16.6 Å². The number of hydrogen-bond donors (Lipinski definition) is 1. The van der Waals surface area contributed by atoms with Gasteiger partial charge in [0, 0.05) is 25.9 Å². The molecule has 1 atom stereocenters. The Labute approximate surface area is 118 Å². The molecule has 0 fully saturated rings. The Morgan fingerprint density at radius 1 is 1.45 bits per heavy atom. The molecule has 1 aromatic rings. The van der Waals surface area contributed by atoms with Gasteiger partial charge in [-0.05, 0) is 27.7 Å². The van der Waals surface area contributed by atoms with E-state index in [0.29, 0.717) is 11.3 Å². The molecule has 1 unspecified atom stereocenters. The molecule has 0 saturated heterocycles. The van der Waals surface area contributed by atoms with Gasteiger partial charge >= 0.3 is 12.1 Å². The van der Waals surface area contributed by atoms with E-state index in [2.05, 4.69) is 5.10 Å². The number of rotatable bonds is 3. The Bertz CT molecular complexity index is 516. The minimum absolute atomic E-state index is 0.466. The van der Waals surface area contributed by atoms with Crippen LogP contribution in [0.3, 0.4) is 0 Å². The van der Waals surface area contributed by atoms with Crippen LogP contribution in [-0.4, -0.2) is 44.5 Å². The van der Waals surface area contributed by atoms with E-state index >= 15 is 0 Å². The molecule has 0 aliphatic carbocycles. The molecule has 0 spiro atoms. The molecular weight excluding hydrogens is 262 g/mol. The van der Waals surface area contributed by atoms with E-state index < -0.39 is 23.7 Å². The number of amides is 1. The highest BCUT2D eigenvalue weighted by Crippen LogP contribution is 2.24. The number of aromatic nitrogens is 2. The third-order valence-corrected chi connectivity index (χ3v) is 2.65. The van der Waals surface area contributed by atoms with E-state index in [4.69, 9.17) is 4.74 Å². The molecule has 0 aromatic carbocycles. The summed E-state index contributed by atoms with van der Waals surface area (Å²) in [5, 5.41) is 13.5. The minimum atomic E-state index is -1.13. The Morgan fingerprint density at radius 2 is 2.00 bits per heavy atom. The van der Waals surface area contributed by atoms with Crippen molar-refractivity contribution in [2.24, 2.45) is 7.05 Å². The number of aliphatic carboxylic acids is 1. The van der Waals surface area contributed by atoms with Crippen LogP contribution >= 0.6 is 0 Å². The number of aryl methyl sites for hydroxylation is 2. The molecule has 7 nitrogen and oxygen atoms in total. The molecule has 0 bridgehead atoms. The second-order valence-corrected chi connectivity index (χ2v) is 5.68. The van der Waals surface area contributed by atoms with Gasteiger partial charge in [0.05, 0.1) is 5.69 Å². The lowest BCUT2D eigenvalue weighted by Gasteiger charge is -2.28. The van der Waals surface area contributed by atoms with Gasteiger partial charge in [-0.1, -0.05) is 0 Å². The largest absolute Gasteiger partial charge is 0.479 e. The van der Waals surface area contributed by atoms with E-state index in [1.165, 1.54) is 11.7 Å². The van der Waals surface area contributed by atoms with Crippen molar-refractivity contribution in [1.29, 1.82) is 0 Å². The van der Waals surface area contributed by atoms with Crippen LogP contribution in [0.2, 0.25) is 0 Å². The SMILES string of the molecule is Cc1nn(C)cc1C(C(=O)O)N(C)C(=O)OC(C)(C)C. The average Bonchev–Trinajstić information content (AvgIpc) is 2.55. The molecule has 7 heteroatoms. The van der Waals surface area contributed by atoms with Crippen molar-refractivity contribution in [3.63, 3.8) is 0 Å². The Kier molecular flexibility index (Phi) is 4.42. The zero-order valence-electron chi connectivity index (χ0n) is 12.7. The molecular formula is C13H21N3O4. The molecule has 1 N–H and O–H groups in total. The van der Waals surface area contributed by atoms with Gasteiger partial charge in [-0.2, -0.15) is 5.10 Å². The van der Waals surface area contributed by atoms with Gasteiger partial charge in [-0.15, -0.1) is 0 Å². The second-order valence-electron chi connectivity index (χ2n) is 5.68. The quantitative estimate of drug-likeness (QED) is 0.913. The van der Waals surface area contributed by atoms with Gasteiger partial charge in [0.25, 0.3) is 0 Å². The summed E-state index contributed by atoms with van der Waals surface area (Å²) in [5.41, 5.74) is 0.349. The van der Waals surface area contributed by atoms with Crippen molar-refractivity contribution in [3.8, 4) is 0 Å². The zero-order chi connectivity index (χ0) is 15.7. The van der Waals surface area contributed by atoms with Gasteiger partial charge in [0.15, 0.2) is 6.04 Å². The smallest absolute Gasteiger partial charge is 0.411 e. The van der Waals surface area contributed by atoms with Crippen molar-refractivity contribution in [3.05, 3.63) is 17.5 Å². The van der Waals surface area contributed by atoms with Crippen molar-refractivity contribution < 1.29 is 19.4 Å². The Hall–Kier alpha value is -2.05. The molecule has 0 saturated carbocycles. The average molecular weight is 283 g/mol. The number of ether oxygens (including phenoxy) is 1. The first-order chi connectivity index (χ1) is 9.03. The highest BCUT2D eigenvalue weighted by Gasteiger charge is 2.33. The van der Waals surface area contributed by atoms with Crippen LogP contribution in [0.5, 0.6) is 0 Å². The summed E-state index contributed by atoms with van der Waals surface area (Å²) in [6.45, 7) is 6.88. The van der Waals surface area contributed by atoms with E-state index in [1.54, 1.807) is 40.9 Å². The lowest BCUT2D eigenvalue weighted by Crippen LogP contribution is -2.39. The summed E-state index contributed by atoms with van der Waals surface area (Å²) in [6.07, 6.45) is 0.905. The fourth-order valence-corrected chi connectivity index (χ4v) is 1.83. The molecule has 1 aromatic heterocycles. The summed E-state index contributed by atoms with van der Waals surface area (Å²) in [5.74, 6) is -1.13. The second kappa shape index (κ2) is 5.52. The molecule has 1 heterocycles. The molecule has 0 aliphatic heterocycles. The van der Waals surface area contributed by atoms with Crippen LogP contribution in [0.15, 0.2) is 6.20 Å². The first-order valence-electron chi connectivity index (χ1n) is 6.21. The number of hydrogen-bond acceptors (Lipinski definition) is 4. The summed E-state index contributed by atoms with van der Waals surface area (Å²) >= 11 is 0. The van der Waals surface area contributed by atoms with Gasteiger partial charge in [0.1, 0.15) is 5.60 Å². The normalized spacial score (nSPS) is 12.9. The molecule has 0 radical (unpaired) electrons. The molecule has 112 valence electrons. The van der Waals surface area contributed by atoms with Crippen LogP contribution in [0, 0.1) is 6.92 Å². The number of likely N-dealkylation sites (N-methyl/N-ethyl adjacent to an activating group) is 1. The Morgan fingerprint density at radius 3 is 2.35 bits per heavy atom. The third-order valence-electron chi connectivity index (χ3n) is 2.65. The van der Waals surface area contributed by atoms with Crippen LogP contribution in [0.25, 0.3) is 0 Å². The van der Waals surface area contributed by atoms with E-state index in [-0.39, 0.29) is 0 Å². The highest BCUT2D eigenvalue weighted by molar-refractivity contribution is 5.81. The highest BCUT2D eigenvalue weighted by atomic mass is 16.6. The predicted octanol–water partition coefficient (Wildman–Crippen LogP) is 1.72. The molecule has 0 aliphatic rings. The lowest BCUT2D eigenvalue weighted by atomic mass is 10.1. The topological polar surface area (TPSA) is 84.7 Å². The molecule has 20 heavy (non-hydrogen) atoms. The Balaban J connectivity index is 3.06. The fourth-order valence-electron chi connectivity index (χ4n) is 1.83. The van der Waals surface area contributed by atoms with Crippen LogP contribution in [0.4, 0.5) is 4.79 Å².